The molecule has 2 heterocycles. The Bertz CT molecular complexity index is 710. The summed E-state index contributed by atoms with van der Waals surface area (Å²) in [5, 5.41) is 2.93. The van der Waals surface area contributed by atoms with Crippen molar-refractivity contribution in [3.05, 3.63) is 58.3 Å². The molecule has 1 atom stereocenters. The topological polar surface area (TPSA) is 90.0 Å². The number of rotatable bonds is 5. The first-order chi connectivity index (χ1) is 10.5. The molecule has 2 rings (SSSR count). The summed E-state index contributed by atoms with van der Waals surface area (Å²) >= 11 is 0. The van der Waals surface area contributed by atoms with Crippen LogP contribution in [0.25, 0.3) is 0 Å². The number of aryl methyl sites for hydroxylation is 1. The van der Waals surface area contributed by atoms with E-state index in [0.29, 0.717) is 5.69 Å². The average Bonchev–Trinajstić information content (AvgIpc) is 2.54. The van der Waals surface area contributed by atoms with E-state index < -0.39 is 0 Å². The zero-order valence-corrected chi connectivity index (χ0v) is 12.7. The lowest BCUT2D eigenvalue weighted by atomic mass is 10.1. The number of anilines is 1. The second-order valence-corrected chi connectivity index (χ2v) is 5.14. The SMILES string of the molecule is CCC(NC(=O)Cn1c(C)ccc(N)c1=O)c1cccnc1. The second-order valence-electron chi connectivity index (χ2n) is 5.14. The molecule has 0 bridgehead atoms. The highest BCUT2D eigenvalue weighted by Gasteiger charge is 2.14. The highest BCUT2D eigenvalue weighted by atomic mass is 16.2. The van der Waals surface area contributed by atoms with Crippen LogP contribution in [0.4, 0.5) is 5.69 Å². The molecule has 116 valence electrons. The molecule has 0 saturated heterocycles. The number of hydrogen-bond acceptors (Lipinski definition) is 4. The van der Waals surface area contributed by atoms with Gasteiger partial charge in [0.25, 0.3) is 5.56 Å². The van der Waals surface area contributed by atoms with Gasteiger partial charge in [-0.05, 0) is 37.1 Å². The van der Waals surface area contributed by atoms with Crippen molar-refractivity contribution in [3.63, 3.8) is 0 Å². The lowest BCUT2D eigenvalue weighted by Gasteiger charge is -2.18. The number of nitrogens with zero attached hydrogens (tertiary/aromatic N) is 2. The summed E-state index contributed by atoms with van der Waals surface area (Å²) in [4.78, 5) is 28.3. The first-order valence-corrected chi connectivity index (χ1v) is 7.18. The van der Waals surface area contributed by atoms with Crippen LogP contribution in [-0.2, 0) is 11.3 Å². The van der Waals surface area contributed by atoms with Crippen molar-refractivity contribution in [2.24, 2.45) is 0 Å². The molecule has 0 spiro atoms. The van der Waals surface area contributed by atoms with Crippen molar-refractivity contribution in [1.29, 1.82) is 0 Å². The van der Waals surface area contributed by atoms with Gasteiger partial charge < -0.3 is 15.6 Å². The maximum Gasteiger partial charge on any atom is 0.274 e. The number of aromatic nitrogens is 2. The molecule has 2 aromatic rings. The standard InChI is InChI=1S/C16H20N4O2/c1-3-14(12-5-4-8-18-9-12)19-15(21)10-20-11(2)6-7-13(17)16(20)22/h4-9,14H,3,10,17H2,1-2H3,(H,19,21). The lowest BCUT2D eigenvalue weighted by molar-refractivity contribution is -0.122. The number of carbonyl (C=O) groups is 1. The van der Waals surface area contributed by atoms with Gasteiger partial charge >= 0.3 is 0 Å². The van der Waals surface area contributed by atoms with Gasteiger partial charge in [-0.3, -0.25) is 14.6 Å². The van der Waals surface area contributed by atoms with E-state index in [-0.39, 0.29) is 29.7 Å². The predicted octanol–water partition coefficient (Wildman–Crippen LogP) is 1.40. The van der Waals surface area contributed by atoms with E-state index in [1.165, 1.54) is 4.57 Å². The fraction of sp³-hybridized carbons (Fsp3) is 0.312. The molecule has 6 nitrogen and oxygen atoms in total. The Morgan fingerprint density at radius 1 is 1.41 bits per heavy atom. The fourth-order valence-electron chi connectivity index (χ4n) is 2.27. The van der Waals surface area contributed by atoms with Crippen LogP contribution in [-0.4, -0.2) is 15.5 Å². The Morgan fingerprint density at radius 3 is 2.82 bits per heavy atom. The summed E-state index contributed by atoms with van der Waals surface area (Å²) in [6.45, 7) is 3.70. The summed E-state index contributed by atoms with van der Waals surface area (Å²) in [5.74, 6) is -0.230. The highest BCUT2D eigenvalue weighted by molar-refractivity contribution is 5.76. The minimum atomic E-state index is -0.343. The van der Waals surface area contributed by atoms with Crippen LogP contribution in [0.2, 0.25) is 0 Å². The van der Waals surface area contributed by atoms with Gasteiger partial charge in [-0.25, -0.2) is 0 Å². The first kappa shape index (κ1) is 15.8. The molecule has 0 aliphatic carbocycles. The molecule has 0 aromatic carbocycles. The Balaban J connectivity index is 2.13. The van der Waals surface area contributed by atoms with Crippen molar-refractivity contribution in [2.45, 2.75) is 32.9 Å². The van der Waals surface area contributed by atoms with E-state index >= 15 is 0 Å². The zero-order valence-electron chi connectivity index (χ0n) is 12.7. The highest BCUT2D eigenvalue weighted by Crippen LogP contribution is 2.14. The van der Waals surface area contributed by atoms with Crippen LogP contribution < -0.4 is 16.6 Å². The van der Waals surface area contributed by atoms with E-state index in [4.69, 9.17) is 5.73 Å². The zero-order chi connectivity index (χ0) is 16.1. The van der Waals surface area contributed by atoms with Gasteiger partial charge in [-0.1, -0.05) is 13.0 Å². The number of nitrogens with two attached hydrogens (primary N) is 1. The smallest absolute Gasteiger partial charge is 0.274 e. The number of pyridine rings is 2. The first-order valence-electron chi connectivity index (χ1n) is 7.18. The van der Waals surface area contributed by atoms with Crippen LogP contribution in [0, 0.1) is 6.92 Å². The Kier molecular flexibility index (Phi) is 4.93. The van der Waals surface area contributed by atoms with Gasteiger partial charge in [0.05, 0.1) is 11.7 Å². The van der Waals surface area contributed by atoms with Crippen molar-refractivity contribution in [2.75, 3.05) is 5.73 Å². The summed E-state index contributed by atoms with van der Waals surface area (Å²) in [6, 6.07) is 6.90. The maximum atomic E-state index is 12.2. The average molecular weight is 300 g/mol. The Morgan fingerprint density at radius 2 is 2.18 bits per heavy atom. The minimum Gasteiger partial charge on any atom is -0.394 e. The quantitative estimate of drug-likeness (QED) is 0.873. The van der Waals surface area contributed by atoms with E-state index in [0.717, 1.165) is 12.0 Å². The summed E-state index contributed by atoms with van der Waals surface area (Å²) < 4.78 is 1.38. The van der Waals surface area contributed by atoms with Gasteiger partial charge in [-0.2, -0.15) is 0 Å². The number of nitrogen functional groups attached to an aromatic ring is 1. The molecule has 0 aliphatic rings. The van der Waals surface area contributed by atoms with Crippen LogP contribution in [0.15, 0.2) is 41.5 Å². The molecule has 2 aromatic heterocycles. The monoisotopic (exact) mass is 300 g/mol. The van der Waals surface area contributed by atoms with Gasteiger partial charge in [0.15, 0.2) is 0 Å². The van der Waals surface area contributed by atoms with E-state index in [1.54, 1.807) is 31.5 Å². The predicted molar refractivity (Wildman–Crippen MR) is 85.3 cm³/mol. The molecule has 22 heavy (non-hydrogen) atoms. The molecular weight excluding hydrogens is 280 g/mol. The number of nitrogens with one attached hydrogen (secondary N) is 1. The number of amides is 1. The van der Waals surface area contributed by atoms with Gasteiger partial charge in [0, 0.05) is 18.1 Å². The molecule has 1 unspecified atom stereocenters. The Hall–Kier alpha value is -2.63. The van der Waals surface area contributed by atoms with Crippen LogP contribution in [0.1, 0.15) is 30.6 Å². The summed E-state index contributed by atoms with van der Waals surface area (Å²) in [6.07, 6.45) is 4.16. The van der Waals surface area contributed by atoms with E-state index in [9.17, 15) is 9.59 Å². The molecule has 0 radical (unpaired) electrons. The van der Waals surface area contributed by atoms with Crippen molar-refractivity contribution in [1.82, 2.24) is 14.9 Å². The minimum absolute atomic E-state index is 0.0491. The fourth-order valence-corrected chi connectivity index (χ4v) is 2.27. The largest absolute Gasteiger partial charge is 0.394 e. The van der Waals surface area contributed by atoms with Gasteiger partial charge in [-0.15, -0.1) is 0 Å². The van der Waals surface area contributed by atoms with Crippen molar-refractivity contribution >= 4 is 11.6 Å². The second kappa shape index (κ2) is 6.89. The maximum absolute atomic E-state index is 12.2. The van der Waals surface area contributed by atoms with E-state index in [1.807, 2.05) is 19.1 Å². The van der Waals surface area contributed by atoms with Crippen LogP contribution in [0.5, 0.6) is 0 Å². The van der Waals surface area contributed by atoms with Crippen molar-refractivity contribution < 1.29 is 4.79 Å². The van der Waals surface area contributed by atoms with Gasteiger partial charge in [0.2, 0.25) is 5.91 Å². The van der Waals surface area contributed by atoms with E-state index in [2.05, 4.69) is 10.3 Å². The number of hydrogen-bond donors (Lipinski definition) is 2. The molecule has 0 aliphatic heterocycles. The molecule has 6 heteroatoms. The summed E-state index contributed by atoms with van der Waals surface area (Å²) in [7, 11) is 0. The van der Waals surface area contributed by atoms with Crippen LogP contribution in [0.3, 0.4) is 0 Å². The summed E-state index contributed by atoms with van der Waals surface area (Å²) in [5.41, 5.74) is 7.04. The molecule has 1 amide bonds. The van der Waals surface area contributed by atoms with Gasteiger partial charge in [0.1, 0.15) is 6.54 Å². The number of carbonyl (C=O) groups excluding carboxylic acids is 1. The lowest BCUT2D eigenvalue weighted by Crippen LogP contribution is -2.35. The molecule has 0 fully saturated rings. The Labute approximate surface area is 129 Å². The third-order valence-corrected chi connectivity index (χ3v) is 3.55. The molecular formula is C16H20N4O2. The molecule has 0 saturated carbocycles. The van der Waals surface area contributed by atoms with Crippen molar-refractivity contribution in [3.8, 4) is 0 Å². The third kappa shape index (κ3) is 3.52. The molecule has 3 N–H and O–H groups in total. The third-order valence-electron chi connectivity index (χ3n) is 3.55. The normalized spacial score (nSPS) is 11.9. The van der Waals surface area contributed by atoms with Crippen LogP contribution >= 0.6 is 0 Å².